The molecule has 6 rings (SSSR count). The summed E-state index contributed by atoms with van der Waals surface area (Å²) in [7, 11) is 0. The minimum Gasteiger partial charge on any atom is -0.451 e. The van der Waals surface area contributed by atoms with E-state index in [1.165, 1.54) is 30.9 Å². The van der Waals surface area contributed by atoms with Gasteiger partial charge in [-0.15, -0.1) is 0 Å². The molecule has 2 amide bonds. The lowest BCUT2D eigenvalue weighted by molar-refractivity contribution is -0.136. The molecule has 0 bridgehead atoms. The first kappa shape index (κ1) is 26.0. The normalized spacial score (nSPS) is 24.9. The molecule has 4 fully saturated rings. The number of hydrogen-bond acceptors (Lipinski definition) is 7. The van der Waals surface area contributed by atoms with Gasteiger partial charge < -0.3 is 24.8 Å². The van der Waals surface area contributed by atoms with Crippen LogP contribution in [-0.4, -0.2) is 82.4 Å². The Hall–Kier alpha value is -3.27. The lowest BCUT2D eigenvalue weighted by Gasteiger charge is -2.54. The van der Waals surface area contributed by atoms with Gasteiger partial charge in [-0.25, -0.2) is 14.4 Å². The van der Waals surface area contributed by atoms with Crippen molar-refractivity contribution in [3.8, 4) is 11.5 Å². The Kier molecular flexibility index (Phi) is 6.69. The SMILES string of the molecule is CCN(C(=O)c1cc(F)ccc1Oc1cncnc1N1CC2(CCN(C(=O)[C@@H]3C[C@@H]4C[C@@H]4N3)CC2)C1)C(C)C. The van der Waals surface area contributed by atoms with Gasteiger partial charge in [-0.2, -0.15) is 0 Å². The molecule has 4 aliphatic rings. The molecule has 3 saturated heterocycles. The third-order valence-corrected chi connectivity index (χ3v) is 8.94. The summed E-state index contributed by atoms with van der Waals surface area (Å²) in [6.45, 7) is 9.48. The molecular formula is C29H37FN6O3. The molecule has 208 valence electrons. The number of anilines is 1. The number of nitrogens with one attached hydrogen (secondary N) is 1. The van der Waals surface area contributed by atoms with Gasteiger partial charge in [0.25, 0.3) is 5.91 Å². The van der Waals surface area contributed by atoms with Crippen molar-refractivity contribution in [2.75, 3.05) is 37.6 Å². The number of hydrogen-bond donors (Lipinski definition) is 1. The number of piperidine rings is 2. The largest absolute Gasteiger partial charge is 0.451 e. The molecule has 4 heterocycles. The molecule has 0 radical (unpaired) electrons. The van der Waals surface area contributed by atoms with Crippen LogP contribution in [-0.2, 0) is 4.79 Å². The van der Waals surface area contributed by atoms with E-state index in [9.17, 15) is 14.0 Å². The van der Waals surface area contributed by atoms with Gasteiger partial charge in [0, 0.05) is 50.2 Å². The Morgan fingerprint density at radius 3 is 2.64 bits per heavy atom. The van der Waals surface area contributed by atoms with Crippen LogP contribution in [0.15, 0.2) is 30.7 Å². The van der Waals surface area contributed by atoms with Gasteiger partial charge in [0.2, 0.25) is 5.91 Å². The van der Waals surface area contributed by atoms with Gasteiger partial charge in [-0.1, -0.05) is 0 Å². The van der Waals surface area contributed by atoms with E-state index in [1.54, 1.807) is 11.1 Å². The van der Waals surface area contributed by atoms with Crippen LogP contribution in [0.4, 0.5) is 10.2 Å². The Morgan fingerprint density at radius 1 is 1.21 bits per heavy atom. The lowest BCUT2D eigenvalue weighted by atomic mass is 9.72. The fraction of sp³-hybridized carbons (Fsp3) is 0.586. The molecule has 1 aromatic heterocycles. The maximum atomic E-state index is 14.2. The number of halogens is 1. The van der Waals surface area contributed by atoms with E-state index in [0.29, 0.717) is 30.1 Å². The Balaban J connectivity index is 1.12. The lowest BCUT2D eigenvalue weighted by Crippen LogP contribution is -2.62. The van der Waals surface area contributed by atoms with Crippen LogP contribution in [0.3, 0.4) is 0 Å². The van der Waals surface area contributed by atoms with E-state index in [-0.39, 0.29) is 40.6 Å². The fourth-order valence-corrected chi connectivity index (χ4v) is 6.56. The van der Waals surface area contributed by atoms with Gasteiger partial charge >= 0.3 is 0 Å². The average Bonchev–Trinajstić information content (AvgIpc) is 3.52. The number of carbonyl (C=O) groups excluding carboxylic acids is 2. The molecule has 1 spiro atoms. The van der Waals surface area contributed by atoms with Crippen molar-refractivity contribution in [3.05, 3.63) is 42.1 Å². The highest BCUT2D eigenvalue weighted by atomic mass is 19.1. The highest BCUT2D eigenvalue weighted by molar-refractivity contribution is 5.97. The van der Waals surface area contributed by atoms with E-state index in [0.717, 1.165) is 45.4 Å². The summed E-state index contributed by atoms with van der Waals surface area (Å²) in [5, 5.41) is 3.49. The second kappa shape index (κ2) is 10.0. The topological polar surface area (TPSA) is 90.9 Å². The average molecular weight is 537 g/mol. The smallest absolute Gasteiger partial charge is 0.257 e. The first-order valence-corrected chi connectivity index (χ1v) is 14.1. The van der Waals surface area contributed by atoms with Crippen LogP contribution in [0.2, 0.25) is 0 Å². The number of nitrogens with zero attached hydrogens (tertiary/aromatic N) is 5. The number of amides is 2. The van der Waals surface area contributed by atoms with Crippen molar-refractivity contribution < 1.29 is 18.7 Å². The number of ether oxygens (including phenoxy) is 1. The number of carbonyl (C=O) groups is 2. The predicted molar refractivity (Wildman–Crippen MR) is 144 cm³/mol. The molecule has 9 nitrogen and oxygen atoms in total. The third kappa shape index (κ3) is 4.95. The van der Waals surface area contributed by atoms with Crippen molar-refractivity contribution in [1.82, 2.24) is 25.1 Å². The van der Waals surface area contributed by atoms with Gasteiger partial charge in [-0.3, -0.25) is 9.59 Å². The quantitative estimate of drug-likeness (QED) is 0.580. The van der Waals surface area contributed by atoms with Crippen LogP contribution in [0.25, 0.3) is 0 Å². The summed E-state index contributed by atoms with van der Waals surface area (Å²) in [5.74, 6) is 1.56. The Morgan fingerprint density at radius 2 is 1.97 bits per heavy atom. The molecule has 3 atom stereocenters. The monoisotopic (exact) mass is 536 g/mol. The molecule has 2 aromatic rings. The van der Waals surface area contributed by atoms with Gasteiger partial charge in [0.1, 0.15) is 17.9 Å². The summed E-state index contributed by atoms with van der Waals surface area (Å²) in [6, 6.07) is 4.55. The summed E-state index contributed by atoms with van der Waals surface area (Å²) in [6.07, 6.45) is 7.23. The van der Waals surface area contributed by atoms with Gasteiger partial charge in [0.15, 0.2) is 11.6 Å². The highest BCUT2D eigenvalue weighted by Gasteiger charge is 2.51. The van der Waals surface area contributed by atoms with E-state index >= 15 is 0 Å². The minimum atomic E-state index is -0.495. The van der Waals surface area contributed by atoms with Gasteiger partial charge in [0.05, 0.1) is 17.8 Å². The molecule has 3 aliphatic heterocycles. The summed E-state index contributed by atoms with van der Waals surface area (Å²) < 4.78 is 20.4. The molecule has 1 aromatic carbocycles. The maximum absolute atomic E-state index is 14.2. The van der Waals surface area contributed by atoms with Crippen molar-refractivity contribution in [2.45, 2.75) is 64.6 Å². The zero-order valence-corrected chi connectivity index (χ0v) is 22.9. The summed E-state index contributed by atoms with van der Waals surface area (Å²) >= 11 is 0. The number of rotatable bonds is 7. The standard InChI is InChI=1S/C29H37FN6O3/c1-4-36(18(2)3)27(37)21-13-20(30)5-6-24(21)39-25-14-31-17-32-26(25)35-15-29(16-35)7-9-34(10-8-29)28(38)23-12-19-11-22(19)33-23/h5-6,13-14,17-19,22-23,33H,4,7-12,15-16H2,1-3H3/t19-,22-,23-/m0/s1. The van der Waals surface area contributed by atoms with Crippen LogP contribution >= 0.6 is 0 Å². The number of benzene rings is 1. The Labute approximate surface area is 228 Å². The number of aromatic nitrogens is 2. The predicted octanol–water partition coefficient (Wildman–Crippen LogP) is 3.46. The first-order chi connectivity index (χ1) is 18.8. The molecule has 1 N–H and O–H groups in total. The number of likely N-dealkylation sites (tertiary alicyclic amines) is 1. The maximum Gasteiger partial charge on any atom is 0.257 e. The van der Waals surface area contributed by atoms with E-state index in [1.807, 2.05) is 25.7 Å². The van der Waals surface area contributed by atoms with Crippen LogP contribution in [0, 0.1) is 17.2 Å². The fourth-order valence-electron chi connectivity index (χ4n) is 6.56. The van der Waals surface area contributed by atoms with E-state index < -0.39 is 5.82 Å². The highest BCUT2D eigenvalue weighted by Crippen LogP contribution is 2.46. The first-order valence-electron chi connectivity index (χ1n) is 14.1. The second-order valence-corrected chi connectivity index (χ2v) is 11.9. The molecular weight excluding hydrogens is 499 g/mol. The van der Waals surface area contributed by atoms with E-state index in [4.69, 9.17) is 4.74 Å². The molecule has 10 heteroatoms. The second-order valence-electron chi connectivity index (χ2n) is 11.9. The zero-order valence-electron chi connectivity index (χ0n) is 22.9. The summed E-state index contributed by atoms with van der Waals surface area (Å²) in [4.78, 5) is 40.7. The Bertz CT molecular complexity index is 1250. The van der Waals surface area contributed by atoms with Crippen molar-refractivity contribution in [1.29, 1.82) is 0 Å². The molecule has 1 aliphatic carbocycles. The summed E-state index contributed by atoms with van der Waals surface area (Å²) in [5.41, 5.74) is 0.326. The van der Waals surface area contributed by atoms with Crippen molar-refractivity contribution in [2.24, 2.45) is 11.3 Å². The van der Waals surface area contributed by atoms with E-state index in [2.05, 4.69) is 20.2 Å². The number of fused-ring (bicyclic) bond motifs is 1. The molecule has 39 heavy (non-hydrogen) atoms. The van der Waals surface area contributed by atoms with Crippen LogP contribution in [0.5, 0.6) is 11.5 Å². The van der Waals surface area contributed by atoms with Crippen molar-refractivity contribution in [3.63, 3.8) is 0 Å². The zero-order chi connectivity index (χ0) is 27.3. The van der Waals surface area contributed by atoms with Crippen LogP contribution < -0.4 is 15.0 Å². The molecule has 1 saturated carbocycles. The minimum absolute atomic E-state index is 0.00888. The molecule has 0 unspecified atom stereocenters. The van der Waals surface area contributed by atoms with Crippen molar-refractivity contribution >= 4 is 17.6 Å². The van der Waals surface area contributed by atoms with Crippen LogP contribution in [0.1, 0.15) is 56.8 Å². The third-order valence-electron chi connectivity index (χ3n) is 8.94. The van der Waals surface area contributed by atoms with Gasteiger partial charge in [-0.05, 0) is 70.6 Å².